The molecule has 1 aliphatic heterocycles. The zero-order chi connectivity index (χ0) is 14.7. The fourth-order valence-corrected chi connectivity index (χ4v) is 3.10. The second-order valence-electron chi connectivity index (χ2n) is 5.43. The van der Waals surface area contributed by atoms with Crippen LogP contribution >= 0.6 is 23.2 Å². The molecule has 2 rings (SSSR count). The largest absolute Gasteiger partial charge is 0.480 e. The molecule has 1 aromatic rings. The summed E-state index contributed by atoms with van der Waals surface area (Å²) in [6.45, 7) is 3.41. The summed E-state index contributed by atoms with van der Waals surface area (Å²) >= 11 is 12.2. The van der Waals surface area contributed by atoms with Crippen LogP contribution in [0.2, 0.25) is 10.0 Å². The van der Waals surface area contributed by atoms with E-state index in [-0.39, 0.29) is 0 Å². The lowest BCUT2D eigenvalue weighted by Crippen LogP contribution is -2.44. The Bertz CT molecular complexity index is 485. The number of carbonyl (C=O) groups is 1. The Balaban J connectivity index is 1.91. The zero-order valence-electron chi connectivity index (χ0n) is 11.5. The highest BCUT2D eigenvalue weighted by molar-refractivity contribution is 6.33. The minimum Gasteiger partial charge on any atom is -0.480 e. The number of piperidine rings is 1. The average Bonchev–Trinajstić information content (AvgIpc) is 2.43. The molecular weight excluding hydrogens is 297 g/mol. The van der Waals surface area contributed by atoms with Crippen LogP contribution in [0.4, 0.5) is 0 Å². The molecular formula is C15H19Cl2NO2. The summed E-state index contributed by atoms with van der Waals surface area (Å²) in [5.41, 5.74) is 1.09. The molecule has 0 unspecified atom stereocenters. The van der Waals surface area contributed by atoms with Crippen LogP contribution in [0.1, 0.15) is 25.3 Å². The molecule has 0 bridgehead atoms. The predicted octanol–water partition coefficient (Wildman–Crippen LogP) is 3.72. The van der Waals surface area contributed by atoms with Gasteiger partial charge in [0, 0.05) is 10.0 Å². The maximum Gasteiger partial charge on any atom is 0.320 e. The quantitative estimate of drug-likeness (QED) is 0.920. The number of rotatable bonds is 4. The van der Waals surface area contributed by atoms with Crippen LogP contribution < -0.4 is 0 Å². The molecule has 110 valence electrons. The Labute approximate surface area is 129 Å². The van der Waals surface area contributed by atoms with Gasteiger partial charge in [-0.3, -0.25) is 9.69 Å². The van der Waals surface area contributed by atoms with Crippen molar-refractivity contribution in [2.24, 2.45) is 5.92 Å². The molecule has 0 aliphatic carbocycles. The van der Waals surface area contributed by atoms with Crippen molar-refractivity contribution >= 4 is 29.2 Å². The maximum atomic E-state index is 11.0. The Morgan fingerprint density at radius 3 is 2.65 bits per heavy atom. The molecule has 1 heterocycles. The van der Waals surface area contributed by atoms with Crippen molar-refractivity contribution in [3.05, 3.63) is 33.8 Å². The summed E-state index contributed by atoms with van der Waals surface area (Å²) in [5.74, 6) is -0.204. The lowest BCUT2D eigenvalue weighted by atomic mass is 9.89. The van der Waals surface area contributed by atoms with Gasteiger partial charge in [-0.05, 0) is 69.0 Å². The van der Waals surface area contributed by atoms with E-state index in [9.17, 15) is 4.79 Å². The minimum atomic E-state index is -0.749. The molecule has 1 fully saturated rings. The van der Waals surface area contributed by atoms with Gasteiger partial charge in [0.05, 0.1) is 0 Å². The van der Waals surface area contributed by atoms with E-state index in [1.807, 2.05) is 17.0 Å². The van der Waals surface area contributed by atoms with Crippen molar-refractivity contribution < 1.29 is 9.90 Å². The first-order valence-electron chi connectivity index (χ1n) is 6.88. The molecule has 5 heteroatoms. The number of halogens is 2. The third-order valence-corrected chi connectivity index (χ3v) is 4.67. The Morgan fingerprint density at radius 2 is 2.05 bits per heavy atom. The minimum absolute atomic E-state index is 0.397. The second kappa shape index (κ2) is 6.79. The molecule has 0 aromatic heterocycles. The molecule has 0 amide bonds. The van der Waals surface area contributed by atoms with Gasteiger partial charge >= 0.3 is 5.97 Å². The first-order valence-corrected chi connectivity index (χ1v) is 7.63. The number of likely N-dealkylation sites (tertiary alicyclic amines) is 1. The fourth-order valence-electron chi connectivity index (χ4n) is 2.71. The van der Waals surface area contributed by atoms with Gasteiger partial charge in [0.15, 0.2) is 0 Å². The highest BCUT2D eigenvalue weighted by Crippen LogP contribution is 2.28. The predicted molar refractivity (Wildman–Crippen MR) is 81.6 cm³/mol. The summed E-state index contributed by atoms with van der Waals surface area (Å²) in [5, 5.41) is 10.5. The Hall–Kier alpha value is -0.770. The van der Waals surface area contributed by atoms with Crippen LogP contribution in [-0.4, -0.2) is 35.1 Å². The van der Waals surface area contributed by atoms with E-state index < -0.39 is 12.0 Å². The lowest BCUT2D eigenvalue weighted by molar-refractivity contribution is -0.143. The van der Waals surface area contributed by atoms with E-state index in [1.165, 1.54) is 0 Å². The van der Waals surface area contributed by atoms with Crippen molar-refractivity contribution in [2.45, 2.75) is 32.2 Å². The van der Waals surface area contributed by atoms with Gasteiger partial charge in [-0.15, -0.1) is 0 Å². The van der Waals surface area contributed by atoms with Crippen LogP contribution in [0.3, 0.4) is 0 Å². The van der Waals surface area contributed by atoms with Crippen LogP contribution in [0.25, 0.3) is 0 Å². The van der Waals surface area contributed by atoms with Gasteiger partial charge in [0.25, 0.3) is 0 Å². The molecule has 20 heavy (non-hydrogen) atoms. The van der Waals surface area contributed by atoms with Gasteiger partial charge in [-0.25, -0.2) is 0 Å². The third-order valence-electron chi connectivity index (χ3n) is 4.07. The molecule has 1 aromatic carbocycles. The standard InChI is InChI=1S/C15H19Cl2NO2/c1-10(15(19)20)18-6-4-11(5-7-18)8-12-9-13(16)2-3-14(12)17/h2-3,9-11H,4-8H2,1H3,(H,19,20)/t10-/m0/s1. The summed E-state index contributed by atoms with van der Waals surface area (Å²) in [6, 6.07) is 5.16. The van der Waals surface area contributed by atoms with Crippen molar-refractivity contribution in [1.82, 2.24) is 4.90 Å². The third kappa shape index (κ3) is 3.87. The monoisotopic (exact) mass is 315 g/mol. The van der Waals surface area contributed by atoms with Crippen molar-refractivity contribution in [2.75, 3.05) is 13.1 Å². The Kier molecular flexibility index (Phi) is 5.30. The molecule has 0 spiro atoms. The van der Waals surface area contributed by atoms with Crippen LogP contribution in [0.5, 0.6) is 0 Å². The molecule has 1 saturated heterocycles. The van der Waals surface area contributed by atoms with Crippen molar-refractivity contribution in [3.8, 4) is 0 Å². The lowest BCUT2D eigenvalue weighted by Gasteiger charge is -2.34. The molecule has 3 nitrogen and oxygen atoms in total. The molecule has 0 radical (unpaired) electrons. The molecule has 1 N–H and O–H groups in total. The summed E-state index contributed by atoms with van der Waals surface area (Å²) in [4.78, 5) is 13.0. The number of nitrogens with zero attached hydrogens (tertiary/aromatic N) is 1. The number of aliphatic carboxylic acids is 1. The zero-order valence-corrected chi connectivity index (χ0v) is 13.0. The topological polar surface area (TPSA) is 40.5 Å². The summed E-state index contributed by atoms with van der Waals surface area (Å²) in [7, 11) is 0. The highest BCUT2D eigenvalue weighted by atomic mass is 35.5. The van der Waals surface area contributed by atoms with Gasteiger partial charge in [-0.1, -0.05) is 23.2 Å². The van der Waals surface area contributed by atoms with E-state index in [0.29, 0.717) is 10.9 Å². The van der Waals surface area contributed by atoms with E-state index in [4.69, 9.17) is 28.3 Å². The van der Waals surface area contributed by atoms with Gasteiger partial charge in [-0.2, -0.15) is 0 Å². The van der Waals surface area contributed by atoms with Crippen LogP contribution in [-0.2, 0) is 11.2 Å². The van der Waals surface area contributed by atoms with Gasteiger partial charge in [0.1, 0.15) is 6.04 Å². The number of carboxylic acids is 1. The second-order valence-corrected chi connectivity index (χ2v) is 6.28. The van der Waals surface area contributed by atoms with Gasteiger partial charge < -0.3 is 5.11 Å². The average molecular weight is 316 g/mol. The maximum absolute atomic E-state index is 11.0. The normalized spacial score (nSPS) is 18.9. The van der Waals surface area contributed by atoms with E-state index in [1.54, 1.807) is 13.0 Å². The highest BCUT2D eigenvalue weighted by Gasteiger charge is 2.26. The smallest absolute Gasteiger partial charge is 0.320 e. The van der Waals surface area contributed by atoms with Crippen LogP contribution in [0.15, 0.2) is 18.2 Å². The summed E-state index contributed by atoms with van der Waals surface area (Å²) in [6.07, 6.45) is 2.91. The van der Waals surface area contributed by atoms with Gasteiger partial charge in [0.2, 0.25) is 0 Å². The summed E-state index contributed by atoms with van der Waals surface area (Å²) < 4.78 is 0. The van der Waals surface area contributed by atoms with E-state index in [0.717, 1.165) is 42.9 Å². The molecule has 0 saturated carbocycles. The number of benzene rings is 1. The molecule has 1 atom stereocenters. The van der Waals surface area contributed by atoms with Crippen LogP contribution in [0, 0.1) is 5.92 Å². The Morgan fingerprint density at radius 1 is 1.40 bits per heavy atom. The number of hydrogen-bond donors (Lipinski definition) is 1. The number of carboxylic acid groups (broad SMARTS) is 1. The van der Waals surface area contributed by atoms with Crippen molar-refractivity contribution in [1.29, 1.82) is 0 Å². The van der Waals surface area contributed by atoms with E-state index in [2.05, 4.69) is 0 Å². The first-order chi connectivity index (χ1) is 9.47. The molecule has 1 aliphatic rings. The van der Waals surface area contributed by atoms with Crippen molar-refractivity contribution in [3.63, 3.8) is 0 Å². The van der Waals surface area contributed by atoms with E-state index >= 15 is 0 Å². The SMILES string of the molecule is C[C@@H](C(=O)O)N1CCC(Cc2cc(Cl)ccc2Cl)CC1. The fraction of sp³-hybridized carbons (Fsp3) is 0.533. The number of hydrogen-bond acceptors (Lipinski definition) is 2. The first kappa shape index (κ1) is 15.6.